The maximum Gasteiger partial charge on any atom is 0.320 e. The number of nitro benzene ring substituents is 1. The van der Waals surface area contributed by atoms with Crippen LogP contribution < -0.4 is 14.9 Å². The van der Waals surface area contributed by atoms with Crippen LogP contribution in [0.1, 0.15) is 27.2 Å². The number of methoxy groups -OCH3 is 1. The largest absolute Gasteiger partial charge is 0.496 e. The van der Waals surface area contributed by atoms with E-state index in [-0.39, 0.29) is 18.8 Å². The monoisotopic (exact) mass is 598 g/mol. The van der Waals surface area contributed by atoms with Gasteiger partial charge in [-0.3, -0.25) is 29.7 Å². The van der Waals surface area contributed by atoms with Gasteiger partial charge in [-0.25, -0.2) is 5.43 Å². The van der Waals surface area contributed by atoms with Crippen molar-refractivity contribution in [2.45, 2.75) is 13.2 Å². The summed E-state index contributed by atoms with van der Waals surface area (Å²) in [6.45, 7) is 0.234. The minimum absolute atomic E-state index is 0.0519. The molecular weight excluding hydrogens is 579 g/mol. The molecule has 210 valence electrons. The SMILES string of the molecule is COc1cc(C=NNC(=O)c2nn(Cc3ccc([N+](=O)[O-])cc3)cc2[N+](=O)[O-])ccc1COc1ccc(Cl)c(Cl)c1. The van der Waals surface area contributed by atoms with Crippen LogP contribution in [-0.4, -0.2) is 38.9 Å². The van der Waals surface area contributed by atoms with E-state index in [1.807, 2.05) is 0 Å². The molecular formula is C26H20Cl2N6O7. The lowest BCUT2D eigenvalue weighted by molar-refractivity contribution is -0.385. The number of rotatable bonds is 11. The van der Waals surface area contributed by atoms with Crippen LogP contribution >= 0.6 is 23.2 Å². The third-order valence-corrected chi connectivity index (χ3v) is 6.36. The van der Waals surface area contributed by atoms with Crippen molar-refractivity contribution in [2.24, 2.45) is 5.10 Å². The van der Waals surface area contributed by atoms with Crippen LogP contribution in [0.2, 0.25) is 10.0 Å². The molecule has 0 aliphatic rings. The highest BCUT2D eigenvalue weighted by Crippen LogP contribution is 2.28. The Hall–Kier alpha value is -5.01. The van der Waals surface area contributed by atoms with Crippen molar-refractivity contribution in [1.82, 2.24) is 15.2 Å². The van der Waals surface area contributed by atoms with E-state index in [0.29, 0.717) is 32.7 Å². The maximum absolute atomic E-state index is 12.6. The van der Waals surface area contributed by atoms with Gasteiger partial charge in [-0.1, -0.05) is 47.5 Å². The second-order valence-electron chi connectivity index (χ2n) is 8.38. The van der Waals surface area contributed by atoms with Gasteiger partial charge in [0.05, 0.1) is 39.8 Å². The maximum atomic E-state index is 12.6. The van der Waals surface area contributed by atoms with E-state index in [2.05, 4.69) is 15.6 Å². The van der Waals surface area contributed by atoms with E-state index in [0.717, 1.165) is 11.8 Å². The third-order valence-electron chi connectivity index (χ3n) is 5.62. The van der Waals surface area contributed by atoms with E-state index in [1.54, 1.807) is 36.4 Å². The van der Waals surface area contributed by atoms with Crippen LogP contribution in [0.5, 0.6) is 11.5 Å². The van der Waals surface area contributed by atoms with Crippen molar-refractivity contribution in [3.63, 3.8) is 0 Å². The predicted octanol–water partition coefficient (Wildman–Crippen LogP) is 5.41. The number of aromatic nitrogens is 2. The zero-order chi connectivity index (χ0) is 29.5. The molecule has 1 heterocycles. The lowest BCUT2D eigenvalue weighted by Gasteiger charge is -2.11. The third kappa shape index (κ3) is 7.35. The van der Waals surface area contributed by atoms with Gasteiger partial charge in [0.25, 0.3) is 11.6 Å². The molecule has 1 aromatic heterocycles. The van der Waals surface area contributed by atoms with Crippen molar-refractivity contribution in [2.75, 3.05) is 7.11 Å². The minimum atomic E-state index is -0.894. The fourth-order valence-electron chi connectivity index (χ4n) is 3.60. The number of hydrogen-bond acceptors (Lipinski definition) is 9. The van der Waals surface area contributed by atoms with Crippen molar-refractivity contribution in [3.05, 3.63) is 120 Å². The number of nitrogens with zero attached hydrogens (tertiary/aromatic N) is 5. The standard InChI is InChI=1S/C26H20Cl2N6O7/c1-40-24-10-17(2-5-18(24)15-41-20-8-9-21(27)22(28)11-20)12-29-30-26(35)25-23(34(38)39)14-32(31-25)13-16-3-6-19(7-4-16)33(36)37/h2-12,14H,13,15H2,1H3,(H,30,35). The van der Waals surface area contributed by atoms with Gasteiger partial charge in [0.2, 0.25) is 5.69 Å². The molecule has 1 N–H and O–H groups in total. The molecule has 0 saturated heterocycles. The Morgan fingerprint density at radius 2 is 1.80 bits per heavy atom. The number of carbonyl (C=O) groups excluding carboxylic acids is 1. The Bertz CT molecular complexity index is 1640. The number of nitrogens with one attached hydrogen (secondary N) is 1. The molecule has 0 unspecified atom stereocenters. The van der Waals surface area contributed by atoms with E-state index >= 15 is 0 Å². The average molecular weight is 599 g/mol. The molecule has 0 bridgehead atoms. The molecule has 1 amide bonds. The van der Waals surface area contributed by atoms with Crippen molar-refractivity contribution in [1.29, 1.82) is 0 Å². The summed E-state index contributed by atoms with van der Waals surface area (Å²) >= 11 is 11.9. The Labute approximate surface area is 242 Å². The van der Waals surface area contributed by atoms with E-state index in [4.69, 9.17) is 32.7 Å². The van der Waals surface area contributed by atoms with Crippen molar-refractivity contribution in [3.8, 4) is 11.5 Å². The minimum Gasteiger partial charge on any atom is -0.496 e. The highest BCUT2D eigenvalue weighted by molar-refractivity contribution is 6.42. The smallest absolute Gasteiger partial charge is 0.320 e. The molecule has 0 radical (unpaired) electrons. The first-order chi connectivity index (χ1) is 19.6. The predicted molar refractivity (Wildman–Crippen MR) is 150 cm³/mol. The molecule has 3 aromatic carbocycles. The van der Waals surface area contributed by atoms with Crippen LogP contribution in [-0.2, 0) is 13.2 Å². The first kappa shape index (κ1) is 29.0. The highest BCUT2D eigenvalue weighted by atomic mass is 35.5. The summed E-state index contributed by atoms with van der Waals surface area (Å²) in [6.07, 6.45) is 2.44. The molecule has 0 aliphatic heterocycles. The van der Waals surface area contributed by atoms with Crippen LogP contribution in [0.4, 0.5) is 11.4 Å². The lowest BCUT2D eigenvalue weighted by atomic mass is 10.1. The topological polar surface area (TPSA) is 164 Å². The van der Waals surface area contributed by atoms with Gasteiger partial charge in [-0.2, -0.15) is 10.2 Å². The Morgan fingerprint density at radius 1 is 1.05 bits per heavy atom. The fraction of sp³-hybridized carbons (Fsp3) is 0.115. The van der Waals surface area contributed by atoms with Crippen molar-refractivity contribution < 1.29 is 24.1 Å². The van der Waals surface area contributed by atoms with E-state index in [9.17, 15) is 25.0 Å². The van der Waals surface area contributed by atoms with E-state index < -0.39 is 27.1 Å². The summed E-state index contributed by atoms with van der Waals surface area (Å²) in [6, 6.07) is 15.7. The molecule has 15 heteroatoms. The molecule has 0 fully saturated rings. The van der Waals surface area contributed by atoms with Gasteiger partial charge in [0.15, 0.2) is 0 Å². The number of hydrogen-bond donors (Lipinski definition) is 1. The van der Waals surface area contributed by atoms with Gasteiger partial charge < -0.3 is 9.47 Å². The number of ether oxygens (including phenoxy) is 2. The molecule has 0 atom stereocenters. The first-order valence-electron chi connectivity index (χ1n) is 11.7. The number of hydrazone groups is 1. The molecule has 4 aromatic rings. The van der Waals surface area contributed by atoms with Crippen LogP contribution in [0.15, 0.2) is 72.0 Å². The van der Waals surface area contributed by atoms with Gasteiger partial charge >= 0.3 is 5.69 Å². The number of amides is 1. The summed E-state index contributed by atoms with van der Waals surface area (Å²) in [4.78, 5) is 33.7. The quantitative estimate of drug-likeness (QED) is 0.136. The van der Waals surface area contributed by atoms with Gasteiger partial charge in [0, 0.05) is 23.8 Å². The summed E-state index contributed by atoms with van der Waals surface area (Å²) in [5.41, 5.74) is 3.07. The Kier molecular flexibility index (Phi) is 9.12. The van der Waals surface area contributed by atoms with Gasteiger partial charge in [0.1, 0.15) is 24.3 Å². The van der Waals surface area contributed by atoms with Crippen molar-refractivity contribution >= 4 is 46.7 Å². The fourth-order valence-corrected chi connectivity index (χ4v) is 3.89. The van der Waals surface area contributed by atoms with Crippen LogP contribution in [0.3, 0.4) is 0 Å². The van der Waals surface area contributed by atoms with Crippen LogP contribution in [0, 0.1) is 20.2 Å². The number of carbonyl (C=O) groups is 1. The summed E-state index contributed by atoms with van der Waals surface area (Å²) in [5, 5.41) is 31.0. The molecule has 0 spiro atoms. The van der Waals surface area contributed by atoms with E-state index in [1.165, 1.54) is 42.3 Å². The molecule has 0 aliphatic carbocycles. The second kappa shape index (κ2) is 12.9. The van der Waals surface area contributed by atoms with Gasteiger partial charge in [-0.05, 0) is 29.3 Å². The molecule has 0 saturated carbocycles. The number of nitro groups is 2. The zero-order valence-corrected chi connectivity index (χ0v) is 22.7. The summed E-state index contributed by atoms with van der Waals surface area (Å²) < 4.78 is 12.4. The van der Waals surface area contributed by atoms with Crippen LogP contribution in [0.25, 0.3) is 0 Å². The Morgan fingerprint density at radius 3 is 2.46 bits per heavy atom. The number of halogens is 2. The number of non-ortho nitro benzene ring substituents is 1. The zero-order valence-electron chi connectivity index (χ0n) is 21.2. The number of benzene rings is 3. The normalized spacial score (nSPS) is 10.9. The second-order valence-corrected chi connectivity index (χ2v) is 9.19. The highest BCUT2D eigenvalue weighted by Gasteiger charge is 2.25. The Balaban J connectivity index is 1.41. The molecule has 13 nitrogen and oxygen atoms in total. The molecule has 41 heavy (non-hydrogen) atoms. The summed E-state index contributed by atoms with van der Waals surface area (Å²) in [5.74, 6) is 0.133. The average Bonchev–Trinajstić information content (AvgIpc) is 3.38. The summed E-state index contributed by atoms with van der Waals surface area (Å²) in [7, 11) is 1.49. The first-order valence-corrected chi connectivity index (χ1v) is 12.4. The molecule has 4 rings (SSSR count). The lowest BCUT2D eigenvalue weighted by Crippen LogP contribution is -2.19. The van der Waals surface area contributed by atoms with Gasteiger partial charge in [-0.15, -0.1) is 0 Å².